The predicted octanol–water partition coefficient (Wildman–Crippen LogP) is 0.495. The first-order valence-corrected chi connectivity index (χ1v) is 5.70. The number of rotatable bonds is 7. The Morgan fingerprint density at radius 2 is 1.67 bits per heavy atom. The van der Waals surface area contributed by atoms with Gasteiger partial charge >= 0.3 is 0 Å². The van der Waals surface area contributed by atoms with Crippen LogP contribution in [0.4, 0.5) is 0 Å². The van der Waals surface area contributed by atoms with E-state index in [1.807, 2.05) is 0 Å². The van der Waals surface area contributed by atoms with Crippen LogP contribution in [-0.4, -0.2) is 62.7 Å². The van der Waals surface area contributed by atoms with Gasteiger partial charge in [0.15, 0.2) is 0 Å². The zero-order chi connectivity index (χ0) is 11.1. The van der Waals surface area contributed by atoms with Crippen LogP contribution in [0.25, 0.3) is 0 Å². The number of hydrogen-bond acceptors (Lipinski definition) is 4. The maximum atomic E-state index is 8.66. The van der Waals surface area contributed by atoms with Crippen LogP contribution in [0.15, 0.2) is 0 Å². The van der Waals surface area contributed by atoms with Gasteiger partial charge < -0.3 is 14.6 Å². The van der Waals surface area contributed by atoms with Crippen molar-refractivity contribution >= 4 is 0 Å². The van der Waals surface area contributed by atoms with Crippen LogP contribution in [0.2, 0.25) is 0 Å². The van der Waals surface area contributed by atoms with Gasteiger partial charge in [-0.3, -0.25) is 4.90 Å². The molecular weight excluding hydrogens is 194 g/mol. The molecule has 1 saturated heterocycles. The Hall–Kier alpha value is -0.160. The Labute approximate surface area is 92.2 Å². The van der Waals surface area contributed by atoms with Gasteiger partial charge in [-0.1, -0.05) is 0 Å². The summed E-state index contributed by atoms with van der Waals surface area (Å²) < 4.78 is 10.7. The van der Waals surface area contributed by atoms with Gasteiger partial charge in [0.05, 0.1) is 12.2 Å². The maximum absolute atomic E-state index is 8.66. The molecular formula is C11H23NO3. The van der Waals surface area contributed by atoms with Crippen molar-refractivity contribution in [1.82, 2.24) is 4.90 Å². The van der Waals surface area contributed by atoms with Gasteiger partial charge in [0.2, 0.25) is 0 Å². The van der Waals surface area contributed by atoms with Crippen LogP contribution in [0.1, 0.15) is 19.3 Å². The van der Waals surface area contributed by atoms with Crippen molar-refractivity contribution in [1.29, 1.82) is 0 Å². The van der Waals surface area contributed by atoms with Gasteiger partial charge in [0.25, 0.3) is 0 Å². The zero-order valence-corrected chi connectivity index (χ0v) is 9.82. The first-order valence-electron chi connectivity index (χ1n) is 5.70. The molecule has 0 saturated carbocycles. The SMILES string of the molecule is COC1CN(CCCCCO)CC1OC. The number of ether oxygens (including phenoxy) is 2. The van der Waals surface area contributed by atoms with Crippen LogP contribution in [-0.2, 0) is 9.47 Å². The first kappa shape index (κ1) is 12.9. The second-order valence-corrected chi connectivity index (χ2v) is 4.09. The molecule has 1 fully saturated rings. The largest absolute Gasteiger partial charge is 0.396 e. The summed E-state index contributed by atoms with van der Waals surface area (Å²) in [6, 6.07) is 0. The lowest BCUT2D eigenvalue weighted by Crippen LogP contribution is -2.27. The molecule has 0 aromatic heterocycles. The highest BCUT2D eigenvalue weighted by Crippen LogP contribution is 2.16. The van der Waals surface area contributed by atoms with E-state index in [1.54, 1.807) is 14.2 Å². The summed E-state index contributed by atoms with van der Waals surface area (Å²) in [7, 11) is 3.48. The van der Waals surface area contributed by atoms with Crippen molar-refractivity contribution in [2.75, 3.05) is 40.5 Å². The fourth-order valence-electron chi connectivity index (χ4n) is 2.08. The maximum Gasteiger partial charge on any atom is 0.0971 e. The topological polar surface area (TPSA) is 41.9 Å². The molecule has 1 N–H and O–H groups in total. The average molecular weight is 217 g/mol. The molecule has 0 aromatic carbocycles. The summed E-state index contributed by atoms with van der Waals surface area (Å²) in [5, 5.41) is 8.66. The molecule has 0 bridgehead atoms. The van der Waals surface area contributed by atoms with Gasteiger partial charge in [-0.25, -0.2) is 0 Å². The number of aliphatic hydroxyl groups is 1. The smallest absolute Gasteiger partial charge is 0.0971 e. The molecule has 90 valence electrons. The summed E-state index contributed by atoms with van der Waals surface area (Å²) in [5.41, 5.74) is 0. The lowest BCUT2D eigenvalue weighted by molar-refractivity contribution is -0.00461. The van der Waals surface area contributed by atoms with E-state index < -0.39 is 0 Å². The molecule has 0 aromatic rings. The minimum atomic E-state index is 0.216. The fraction of sp³-hybridized carbons (Fsp3) is 1.00. The highest BCUT2D eigenvalue weighted by atomic mass is 16.5. The van der Waals surface area contributed by atoms with Crippen LogP contribution >= 0.6 is 0 Å². The second-order valence-electron chi connectivity index (χ2n) is 4.09. The van der Waals surface area contributed by atoms with Crippen LogP contribution in [0.5, 0.6) is 0 Å². The van der Waals surface area contributed by atoms with Crippen LogP contribution in [0.3, 0.4) is 0 Å². The lowest BCUT2D eigenvalue weighted by Gasteiger charge is -2.14. The number of unbranched alkanes of at least 4 members (excludes halogenated alkanes) is 2. The molecule has 1 aliphatic rings. The second kappa shape index (κ2) is 7.17. The van der Waals surface area contributed by atoms with Gasteiger partial charge in [0.1, 0.15) is 0 Å². The van der Waals surface area contributed by atoms with E-state index in [2.05, 4.69) is 4.90 Å². The van der Waals surface area contributed by atoms with Crippen molar-refractivity contribution < 1.29 is 14.6 Å². The number of likely N-dealkylation sites (tertiary alicyclic amines) is 1. The van der Waals surface area contributed by atoms with E-state index in [-0.39, 0.29) is 12.2 Å². The monoisotopic (exact) mass is 217 g/mol. The minimum Gasteiger partial charge on any atom is -0.396 e. The van der Waals surface area contributed by atoms with Crippen molar-refractivity contribution in [3.05, 3.63) is 0 Å². The number of methoxy groups -OCH3 is 2. The van der Waals surface area contributed by atoms with Crippen LogP contribution < -0.4 is 0 Å². The highest BCUT2D eigenvalue weighted by Gasteiger charge is 2.32. The quantitative estimate of drug-likeness (QED) is 0.630. The standard InChI is InChI=1S/C11H23NO3/c1-14-10-8-12(9-11(10)15-2)6-4-3-5-7-13/h10-11,13H,3-9H2,1-2H3. The molecule has 4 nitrogen and oxygen atoms in total. The molecule has 1 aliphatic heterocycles. The van der Waals surface area contributed by atoms with E-state index in [1.165, 1.54) is 0 Å². The number of aliphatic hydroxyl groups excluding tert-OH is 1. The van der Waals surface area contributed by atoms with Crippen LogP contribution in [0, 0.1) is 0 Å². The highest BCUT2D eigenvalue weighted by molar-refractivity contribution is 4.85. The molecule has 0 radical (unpaired) electrons. The normalized spacial score (nSPS) is 27.4. The van der Waals surface area contributed by atoms with E-state index >= 15 is 0 Å². The average Bonchev–Trinajstić information content (AvgIpc) is 2.67. The lowest BCUT2D eigenvalue weighted by atomic mass is 10.2. The Morgan fingerprint density at radius 3 is 2.13 bits per heavy atom. The molecule has 15 heavy (non-hydrogen) atoms. The molecule has 0 aliphatic carbocycles. The van der Waals surface area contributed by atoms with Crippen molar-refractivity contribution in [2.24, 2.45) is 0 Å². The van der Waals surface area contributed by atoms with Gasteiger partial charge in [-0.2, -0.15) is 0 Å². The van der Waals surface area contributed by atoms with Gasteiger partial charge in [-0.15, -0.1) is 0 Å². The van der Waals surface area contributed by atoms with Gasteiger partial charge in [0, 0.05) is 33.9 Å². The molecule has 0 spiro atoms. The summed E-state index contributed by atoms with van der Waals surface area (Å²) in [6.45, 7) is 3.32. The summed E-state index contributed by atoms with van der Waals surface area (Å²) in [6.07, 6.45) is 3.59. The van der Waals surface area contributed by atoms with Gasteiger partial charge in [-0.05, 0) is 25.8 Å². The van der Waals surface area contributed by atoms with E-state index in [0.29, 0.717) is 6.61 Å². The number of nitrogens with zero attached hydrogens (tertiary/aromatic N) is 1. The van der Waals surface area contributed by atoms with E-state index in [4.69, 9.17) is 14.6 Å². The van der Waals surface area contributed by atoms with E-state index in [0.717, 1.165) is 38.9 Å². The molecule has 1 heterocycles. The Kier molecular flexibility index (Phi) is 6.17. The van der Waals surface area contributed by atoms with Crippen molar-refractivity contribution in [3.8, 4) is 0 Å². The molecule has 1 rings (SSSR count). The summed E-state index contributed by atoms with van der Waals surface area (Å²) in [4.78, 5) is 2.37. The zero-order valence-electron chi connectivity index (χ0n) is 9.82. The third-order valence-corrected chi connectivity index (χ3v) is 3.03. The third-order valence-electron chi connectivity index (χ3n) is 3.03. The molecule has 2 atom stereocenters. The summed E-state index contributed by atoms with van der Waals surface area (Å²) in [5.74, 6) is 0. The van der Waals surface area contributed by atoms with E-state index in [9.17, 15) is 0 Å². The Bertz CT molecular complexity index is 154. The summed E-state index contributed by atoms with van der Waals surface area (Å²) >= 11 is 0. The fourth-order valence-corrected chi connectivity index (χ4v) is 2.08. The molecule has 2 unspecified atom stereocenters. The number of hydrogen-bond donors (Lipinski definition) is 1. The third kappa shape index (κ3) is 4.07. The Balaban J connectivity index is 2.16. The first-order chi connectivity index (χ1) is 7.31. The Morgan fingerprint density at radius 1 is 1.07 bits per heavy atom. The minimum absolute atomic E-state index is 0.216. The predicted molar refractivity (Wildman–Crippen MR) is 59.0 cm³/mol. The van der Waals surface area contributed by atoms with Crippen molar-refractivity contribution in [2.45, 2.75) is 31.5 Å². The molecule has 4 heteroatoms. The molecule has 0 amide bonds. The van der Waals surface area contributed by atoms with Crippen molar-refractivity contribution in [3.63, 3.8) is 0 Å².